The fraction of sp³-hybridized carbons (Fsp3) is 0.182. The van der Waals surface area contributed by atoms with Crippen molar-refractivity contribution in [1.82, 2.24) is 9.97 Å². The third-order valence-electron chi connectivity index (χ3n) is 4.05. The molecule has 0 aliphatic heterocycles. The predicted molar refractivity (Wildman–Crippen MR) is 112 cm³/mol. The zero-order valence-electron chi connectivity index (χ0n) is 16.5. The predicted octanol–water partition coefficient (Wildman–Crippen LogP) is 4.65. The fourth-order valence-electron chi connectivity index (χ4n) is 2.69. The fourth-order valence-corrected chi connectivity index (χ4v) is 2.69. The van der Waals surface area contributed by atoms with Gasteiger partial charge in [0.2, 0.25) is 5.95 Å². The summed E-state index contributed by atoms with van der Waals surface area (Å²) in [6.45, 7) is 5.50. The minimum atomic E-state index is -0.356. The molecule has 0 aliphatic carbocycles. The topological polar surface area (TPSA) is 93.2 Å². The Morgan fingerprint density at radius 1 is 0.931 bits per heavy atom. The quantitative estimate of drug-likeness (QED) is 0.448. The van der Waals surface area contributed by atoms with Gasteiger partial charge in [0.05, 0.1) is 12.2 Å². The summed E-state index contributed by atoms with van der Waals surface area (Å²) in [5.74, 6) is 0.661. The summed E-state index contributed by atoms with van der Waals surface area (Å²) in [6, 6.07) is 15.9. The molecule has 0 atom stereocenters. The van der Waals surface area contributed by atoms with Crippen LogP contribution in [0.1, 0.15) is 40.3 Å². The molecule has 0 saturated heterocycles. The molecule has 0 spiro atoms. The maximum absolute atomic E-state index is 11.7. The van der Waals surface area contributed by atoms with Crippen LogP contribution in [0.25, 0.3) is 0 Å². The van der Waals surface area contributed by atoms with Crippen LogP contribution in [0.4, 0.5) is 23.1 Å². The lowest BCUT2D eigenvalue weighted by Crippen LogP contribution is -2.05. The number of benzene rings is 2. The number of aromatic nitrogens is 2. The van der Waals surface area contributed by atoms with E-state index in [1.54, 1.807) is 43.3 Å². The molecule has 7 nitrogen and oxygen atoms in total. The number of anilines is 4. The van der Waals surface area contributed by atoms with Crippen LogP contribution in [0.5, 0.6) is 0 Å². The second kappa shape index (κ2) is 8.97. The number of Topliss-reactive ketones (excluding diaryl/α,β-unsaturated/α-hetero) is 1. The lowest BCUT2D eigenvalue weighted by atomic mass is 10.1. The van der Waals surface area contributed by atoms with Gasteiger partial charge in [-0.1, -0.05) is 12.1 Å². The minimum Gasteiger partial charge on any atom is -0.462 e. The van der Waals surface area contributed by atoms with Crippen LogP contribution in [0.3, 0.4) is 0 Å². The average Bonchev–Trinajstić information content (AvgIpc) is 2.68. The molecule has 1 heterocycles. The zero-order chi connectivity index (χ0) is 20.8. The summed E-state index contributed by atoms with van der Waals surface area (Å²) >= 11 is 0. The number of ether oxygens (including phenoxy) is 1. The molecule has 7 heteroatoms. The SMILES string of the molecule is CCOC(=O)c1ccc(Nc2nc(C)cc(Nc3cccc(C(C)=O)c3)n2)cc1. The lowest BCUT2D eigenvalue weighted by Gasteiger charge is -2.11. The molecule has 148 valence electrons. The Bertz CT molecular complexity index is 1030. The number of nitrogens with one attached hydrogen (secondary N) is 2. The van der Waals surface area contributed by atoms with Gasteiger partial charge in [-0.3, -0.25) is 4.79 Å². The standard InChI is InChI=1S/C22H22N4O3/c1-4-29-21(28)16-8-10-18(11-9-16)25-22-23-14(2)12-20(26-22)24-19-7-5-6-17(13-19)15(3)27/h5-13H,4H2,1-3H3,(H2,23,24,25,26). The van der Waals surface area contributed by atoms with Crippen LogP contribution in [-0.4, -0.2) is 28.3 Å². The van der Waals surface area contributed by atoms with E-state index in [1.807, 2.05) is 25.1 Å². The number of ketones is 1. The van der Waals surface area contributed by atoms with Crippen molar-refractivity contribution in [2.45, 2.75) is 20.8 Å². The summed E-state index contributed by atoms with van der Waals surface area (Å²) in [5.41, 5.74) is 3.39. The van der Waals surface area contributed by atoms with Crippen LogP contribution in [0.2, 0.25) is 0 Å². The molecular weight excluding hydrogens is 368 g/mol. The maximum atomic E-state index is 11.7. The van der Waals surface area contributed by atoms with Gasteiger partial charge in [-0.05, 0) is 57.2 Å². The number of esters is 1. The minimum absolute atomic E-state index is 0.00105. The highest BCUT2D eigenvalue weighted by molar-refractivity contribution is 5.95. The first-order chi connectivity index (χ1) is 13.9. The molecule has 3 aromatic rings. The second-order valence-corrected chi connectivity index (χ2v) is 6.40. The monoisotopic (exact) mass is 390 g/mol. The Hall–Kier alpha value is -3.74. The van der Waals surface area contributed by atoms with Gasteiger partial charge in [0.1, 0.15) is 5.82 Å². The van der Waals surface area contributed by atoms with Crippen molar-refractivity contribution in [2.24, 2.45) is 0 Å². The van der Waals surface area contributed by atoms with Gasteiger partial charge in [0.25, 0.3) is 0 Å². The van der Waals surface area contributed by atoms with Crippen molar-refractivity contribution in [3.05, 3.63) is 71.4 Å². The summed E-state index contributed by atoms with van der Waals surface area (Å²) in [5, 5.41) is 6.33. The van der Waals surface area contributed by atoms with Gasteiger partial charge in [-0.25, -0.2) is 9.78 Å². The van der Waals surface area contributed by atoms with Crippen LogP contribution < -0.4 is 10.6 Å². The van der Waals surface area contributed by atoms with E-state index in [1.165, 1.54) is 6.92 Å². The molecule has 0 aliphatic rings. The van der Waals surface area contributed by atoms with Gasteiger partial charge in [-0.15, -0.1) is 0 Å². The molecule has 29 heavy (non-hydrogen) atoms. The normalized spacial score (nSPS) is 10.3. The van der Waals surface area contributed by atoms with Gasteiger partial charge in [0.15, 0.2) is 5.78 Å². The van der Waals surface area contributed by atoms with Crippen molar-refractivity contribution in [3.63, 3.8) is 0 Å². The third-order valence-corrected chi connectivity index (χ3v) is 4.05. The second-order valence-electron chi connectivity index (χ2n) is 6.40. The summed E-state index contributed by atoms with van der Waals surface area (Å²) in [4.78, 5) is 32.2. The van der Waals surface area contributed by atoms with Gasteiger partial charge < -0.3 is 15.4 Å². The van der Waals surface area contributed by atoms with Crippen molar-refractivity contribution in [2.75, 3.05) is 17.2 Å². The number of hydrogen-bond donors (Lipinski definition) is 2. The van der Waals surface area contributed by atoms with Crippen LogP contribution in [0.15, 0.2) is 54.6 Å². The first kappa shape index (κ1) is 20.0. The molecular formula is C22H22N4O3. The lowest BCUT2D eigenvalue weighted by molar-refractivity contribution is 0.0526. The Kier molecular flexibility index (Phi) is 6.19. The number of aryl methyl sites for hydroxylation is 1. The van der Waals surface area contributed by atoms with Crippen LogP contribution >= 0.6 is 0 Å². The van der Waals surface area contributed by atoms with E-state index >= 15 is 0 Å². The molecule has 0 saturated carbocycles. The molecule has 0 bridgehead atoms. The smallest absolute Gasteiger partial charge is 0.338 e. The number of carbonyl (C=O) groups excluding carboxylic acids is 2. The van der Waals surface area contributed by atoms with Crippen molar-refractivity contribution < 1.29 is 14.3 Å². The van der Waals surface area contributed by atoms with E-state index < -0.39 is 0 Å². The summed E-state index contributed by atoms with van der Waals surface area (Å²) in [7, 11) is 0. The molecule has 0 radical (unpaired) electrons. The Labute approximate surface area is 169 Å². The van der Waals surface area contributed by atoms with E-state index in [0.717, 1.165) is 17.1 Å². The number of hydrogen-bond acceptors (Lipinski definition) is 7. The molecule has 0 amide bonds. The third kappa shape index (κ3) is 5.38. The van der Waals surface area contributed by atoms with E-state index in [2.05, 4.69) is 20.6 Å². The van der Waals surface area contributed by atoms with Gasteiger partial charge in [0, 0.05) is 28.7 Å². The Morgan fingerprint density at radius 3 is 2.38 bits per heavy atom. The van der Waals surface area contributed by atoms with E-state index in [-0.39, 0.29) is 11.8 Å². The highest BCUT2D eigenvalue weighted by Crippen LogP contribution is 2.20. The Balaban J connectivity index is 1.76. The highest BCUT2D eigenvalue weighted by atomic mass is 16.5. The number of rotatable bonds is 7. The van der Waals surface area contributed by atoms with Crippen molar-refractivity contribution in [3.8, 4) is 0 Å². The van der Waals surface area contributed by atoms with E-state index in [9.17, 15) is 9.59 Å². The Morgan fingerprint density at radius 2 is 1.69 bits per heavy atom. The molecule has 1 aromatic heterocycles. The summed E-state index contributed by atoms with van der Waals surface area (Å²) < 4.78 is 4.98. The molecule has 2 aromatic carbocycles. The van der Waals surface area contributed by atoms with Crippen molar-refractivity contribution >= 4 is 34.9 Å². The molecule has 0 fully saturated rings. The summed E-state index contributed by atoms with van der Waals surface area (Å²) in [6.07, 6.45) is 0. The van der Waals surface area contributed by atoms with Crippen LogP contribution in [0, 0.1) is 6.92 Å². The van der Waals surface area contributed by atoms with Crippen molar-refractivity contribution in [1.29, 1.82) is 0 Å². The largest absolute Gasteiger partial charge is 0.462 e. The van der Waals surface area contributed by atoms with E-state index in [0.29, 0.717) is 29.5 Å². The molecule has 3 rings (SSSR count). The maximum Gasteiger partial charge on any atom is 0.338 e. The van der Waals surface area contributed by atoms with Crippen LogP contribution in [-0.2, 0) is 4.74 Å². The van der Waals surface area contributed by atoms with E-state index in [4.69, 9.17) is 4.74 Å². The number of carbonyl (C=O) groups is 2. The average molecular weight is 390 g/mol. The number of nitrogens with zero attached hydrogens (tertiary/aromatic N) is 2. The first-order valence-electron chi connectivity index (χ1n) is 9.22. The molecule has 0 unspecified atom stereocenters. The highest BCUT2D eigenvalue weighted by Gasteiger charge is 2.08. The first-order valence-corrected chi connectivity index (χ1v) is 9.22. The van der Waals surface area contributed by atoms with Gasteiger partial charge >= 0.3 is 5.97 Å². The van der Waals surface area contributed by atoms with Gasteiger partial charge in [-0.2, -0.15) is 4.98 Å². The zero-order valence-corrected chi connectivity index (χ0v) is 16.5. The molecule has 2 N–H and O–H groups in total.